The number of esters is 1. The Labute approximate surface area is 69.5 Å². The molecule has 6 nitrogen and oxygen atoms in total. The summed E-state index contributed by atoms with van der Waals surface area (Å²) in [6.45, 7) is 0. The maximum atomic E-state index is 10.9. The number of hydrogen-bond acceptors (Lipinski definition) is 4. The molecule has 0 saturated carbocycles. The quantitative estimate of drug-likeness (QED) is 0.376. The molecule has 0 aromatic carbocycles. The smallest absolute Gasteiger partial charge is 0.397 e. The highest BCUT2D eigenvalue weighted by Gasteiger charge is 2.23. The van der Waals surface area contributed by atoms with E-state index in [1.165, 1.54) is 14.1 Å². The van der Waals surface area contributed by atoms with Gasteiger partial charge in [0.15, 0.2) is 0 Å². The number of imide groups is 1. The van der Waals surface area contributed by atoms with Crippen LogP contribution in [0.3, 0.4) is 0 Å². The van der Waals surface area contributed by atoms with Crippen molar-refractivity contribution in [3.05, 3.63) is 0 Å². The normalized spacial score (nSPS) is 8.58. The van der Waals surface area contributed by atoms with E-state index >= 15 is 0 Å². The lowest BCUT2D eigenvalue weighted by Gasteiger charge is -2.11. The van der Waals surface area contributed by atoms with E-state index in [1.807, 2.05) is 0 Å². The summed E-state index contributed by atoms with van der Waals surface area (Å²) in [6, 6.07) is -0.662. The number of ether oxygens (including phenoxy) is 1. The molecule has 1 N–H and O–H groups in total. The summed E-state index contributed by atoms with van der Waals surface area (Å²) in [6.07, 6.45) is 0. The maximum Gasteiger partial charge on any atom is 0.397 e. The summed E-state index contributed by atoms with van der Waals surface area (Å²) in [5, 5.41) is 2.18. The van der Waals surface area contributed by atoms with Gasteiger partial charge in [-0.25, -0.2) is 9.59 Å². The zero-order chi connectivity index (χ0) is 9.72. The van der Waals surface area contributed by atoms with Crippen LogP contribution in [0.5, 0.6) is 0 Å². The average Bonchev–Trinajstić information content (AvgIpc) is 2.12. The van der Waals surface area contributed by atoms with Crippen LogP contribution < -0.4 is 5.32 Å². The molecular formula is C6H10N2O4. The molecule has 3 amide bonds. The monoisotopic (exact) mass is 174 g/mol. The first-order valence-electron chi connectivity index (χ1n) is 3.12. The number of carbonyl (C=O) groups excluding carboxylic acids is 3. The lowest BCUT2D eigenvalue weighted by Crippen LogP contribution is -2.43. The fourth-order valence-electron chi connectivity index (χ4n) is 0.484. The molecule has 0 saturated heterocycles. The third kappa shape index (κ3) is 2.22. The number of nitrogens with one attached hydrogen (secondary N) is 1. The van der Waals surface area contributed by atoms with E-state index in [9.17, 15) is 14.4 Å². The van der Waals surface area contributed by atoms with Crippen molar-refractivity contribution in [1.82, 2.24) is 10.2 Å². The van der Waals surface area contributed by atoms with Crippen molar-refractivity contribution in [2.45, 2.75) is 0 Å². The van der Waals surface area contributed by atoms with Gasteiger partial charge in [-0.2, -0.15) is 0 Å². The number of rotatable bonds is 0. The molecule has 0 aliphatic rings. The van der Waals surface area contributed by atoms with E-state index < -0.39 is 17.9 Å². The lowest BCUT2D eigenvalue weighted by atomic mass is 10.5. The summed E-state index contributed by atoms with van der Waals surface area (Å²) in [4.78, 5) is 32.8. The Bertz CT molecular complexity index is 214. The van der Waals surface area contributed by atoms with Crippen LogP contribution in [-0.4, -0.2) is 44.0 Å². The molecular weight excluding hydrogens is 164 g/mol. The first-order chi connectivity index (χ1) is 5.54. The van der Waals surface area contributed by atoms with Gasteiger partial charge in [-0.1, -0.05) is 0 Å². The van der Waals surface area contributed by atoms with Crippen LogP contribution in [-0.2, 0) is 14.3 Å². The highest BCUT2D eigenvalue weighted by atomic mass is 16.5. The second kappa shape index (κ2) is 4.32. The van der Waals surface area contributed by atoms with Gasteiger partial charge < -0.3 is 10.1 Å². The summed E-state index contributed by atoms with van der Waals surface area (Å²) in [7, 11) is 3.60. The van der Waals surface area contributed by atoms with Gasteiger partial charge in [-0.05, 0) is 0 Å². The summed E-state index contributed by atoms with van der Waals surface area (Å²) >= 11 is 0. The summed E-state index contributed by atoms with van der Waals surface area (Å²) in [5.41, 5.74) is 0. The Kier molecular flexibility index (Phi) is 3.75. The van der Waals surface area contributed by atoms with Crippen molar-refractivity contribution in [1.29, 1.82) is 0 Å². The number of carbonyl (C=O) groups is 3. The molecule has 0 radical (unpaired) electrons. The van der Waals surface area contributed by atoms with Crippen LogP contribution in [0, 0.1) is 0 Å². The maximum absolute atomic E-state index is 10.9. The number of likely N-dealkylation sites (N-methyl/N-ethyl adjacent to an activating group) is 1. The average molecular weight is 174 g/mol. The largest absolute Gasteiger partial charge is 0.462 e. The number of nitrogens with zero attached hydrogens (tertiary/aromatic N) is 1. The van der Waals surface area contributed by atoms with E-state index in [4.69, 9.17) is 0 Å². The van der Waals surface area contributed by atoms with Crippen molar-refractivity contribution < 1.29 is 19.1 Å². The molecule has 6 heteroatoms. The van der Waals surface area contributed by atoms with Gasteiger partial charge in [-0.3, -0.25) is 9.69 Å². The van der Waals surface area contributed by atoms with Crippen molar-refractivity contribution in [2.75, 3.05) is 21.2 Å². The second-order valence-electron chi connectivity index (χ2n) is 1.91. The molecule has 0 bridgehead atoms. The van der Waals surface area contributed by atoms with Crippen molar-refractivity contribution in [2.24, 2.45) is 0 Å². The van der Waals surface area contributed by atoms with Crippen LogP contribution in [0.4, 0.5) is 4.79 Å². The van der Waals surface area contributed by atoms with Crippen molar-refractivity contribution >= 4 is 17.9 Å². The Hall–Kier alpha value is -1.59. The number of methoxy groups -OCH3 is 1. The predicted octanol–water partition coefficient (Wildman–Crippen LogP) is -1.04. The fraction of sp³-hybridized carbons (Fsp3) is 0.500. The van der Waals surface area contributed by atoms with Crippen molar-refractivity contribution in [3.63, 3.8) is 0 Å². The van der Waals surface area contributed by atoms with Crippen LogP contribution in [0.15, 0.2) is 0 Å². The van der Waals surface area contributed by atoms with E-state index in [0.29, 0.717) is 4.90 Å². The Morgan fingerprint density at radius 2 is 1.83 bits per heavy atom. The van der Waals surface area contributed by atoms with E-state index in [1.54, 1.807) is 0 Å². The van der Waals surface area contributed by atoms with Gasteiger partial charge in [0.2, 0.25) is 0 Å². The SMILES string of the molecule is CNC(=O)N(C)C(=O)C(=O)OC. The first kappa shape index (κ1) is 10.4. The Balaban J connectivity index is 4.29. The lowest BCUT2D eigenvalue weighted by molar-refractivity contribution is -0.156. The van der Waals surface area contributed by atoms with E-state index in [2.05, 4.69) is 10.1 Å². The molecule has 0 aromatic heterocycles. The van der Waals surface area contributed by atoms with Crippen LogP contribution in [0.25, 0.3) is 0 Å². The van der Waals surface area contributed by atoms with Gasteiger partial charge >= 0.3 is 17.9 Å². The molecule has 0 heterocycles. The fourth-order valence-corrected chi connectivity index (χ4v) is 0.484. The summed E-state index contributed by atoms with van der Waals surface area (Å²) in [5.74, 6) is -2.07. The third-order valence-electron chi connectivity index (χ3n) is 1.18. The van der Waals surface area contributed by atoms with Gasteiger partial charge in [0.25, 0.3) is 0 Å². The first-order valence-corrected chi connectivity index (χ1v) is 3.12. The van der Waals surface area contributed by atoms with E-state index in [-0.39, 0.29) is 0 Å². The second-order valence-corrected chi connectivity index (χ2v) is 1.91. The van der Waals surface area contributed by atoms with Gasteiger partial charge in [0.1, 0.15) is 0 Å². The third-order valence-corrected chi connectivity index (χ3v) is 1.18. The van der Waals surface area contributed by atoms with Gasteiger partial charge in [-0.15, -0.1) is 0 Å². The Morgan fingerprint density at radius 1 is 1.33 bits per heavy atom. The van der Waals surface area contributed by atoms with Gasteiger partial charge in [0, 0.05) is 14.1 Å². The molecule has 0 aliphatic heterocycles. The molecule has 68 valence electrons. The van der Waals surface area contributed by atoms with Crippen LogP contribution in [0.1, 0.15) is 0 Å². The number of urea groups is 1. The molecule has 0 aliphatic carbocycles. The predicted molar refractivity (Wildman–Crippen MR) is 39.2 cm³/mol. The molecule has 0 aromatic rings. The number of hydrogen-bond donors (Lipinski definition) is 1. The zero-order valence-electron chi connectivity index (χ0n) is 7.08. The minimum absolute atomic E-state index is 0.631. The van der Waals surface area contributed by atoms with Crippen LogP contribution >= 0.6 is 0 Å². The van der Waals surface area contributed by atoms with Crippen molar-refractivity contribution in [3.8, 4) is 0 Å². The minimum Gasteiger partial charge on any atom is -0.462 e. The van der Waals surface area contributed by atoms with Gasteiger partial charge in [0.05, 0.1) is 7.11 Å². The highest BCUT2D eigenvalue weighted by Crippen LogP contribution is 1.87. The summed E-state index contributed by atoms with van der Waals surface area (Å²) < 4.78 is 4.12. The number of amides is 3. The molecule has 12 heavy (non-hydrogen) atoms. The molecule has 0 rings (SSSR count). The molecule has 0 spiro atoms. The highest BCUT2D eigenvalue weighted by molar-refractivity contribution is 6.35. The molecule has 0 atom stereocenters. The minimum atomic E-state index is -1.07. The Morgan fingerprint density at radius 3 is 2.17 bits per heavy atom. The standard InChI is InChI=1S/C6H10N2O4/c1-7-6(11)8(2)4(9)5(10)12-3/h1-3H3,(H,7,11). The van der Waals surface area contributed by atoms with Crippen LogP contribution in [0.2, 0.25) is 0 Å². The van der Waals surface area contributed by atoms with E-state index in [0.717, 1.165) is 7.11 Å². The topological polar surface area (TPSA) is 75.7 Å². The molecule has 0 unspecified atom stereocenters. The zero-order valence-corrected chi connectivity index (χ0v) is 7.08. The molecule has 0 fully saturated rings.